The number of carbonyl (C=O) groups excluding carboxylic acids is 1. The average Bonchev–Trinajstić information content (AvgIpc) is 2.78. The highest BCUT2D eigenvalue weighted by Gasteiger charge is 2.12. The minimum absolute atomic E-state index is 0.00604. The third-order valence-electron chi connectivity index (χ3n) is 1.94. The molecular weight excluding hydrogens is 242 g/mol. The van der Waals surface area contributed by atoms with Gasteiger partial charge >= 0.3 is 5.97 Å². The van der Waals surface area contributed by atoms with Crippen molar-refractivity contribution in [2.45, 2.75) is 12.5 Å². The molecule has 0 spiro atoms. The lowest BCUT2D eigenvalue weighted by molar-refractivity contribution is -0.147. The molecule has 1 atom stereocenters. The van der Waals surface area contributed by atoms with Gasteiger partial charge in [0, 0.05) is 23.9 Å². The first-order valence-corrected chi connectivity index (χ1v) is 5.88. The number of carboxylic acids is 1. The van der Waals surface area contributed by atoms with Crippen LogP contribution in [0.25, 0.3) is 6.08 Å². The van der Waals surface area contributed by atoms with E-state index in [1.807, 2.05) is 17.5 Å². The molecule has 17 heavy (non-hydrogen) atoms. The van der Waals surface area contributed by atoms with Crippen molar-refractivity contribution >= 4 is 29.3 Å². The second kappa shape index (κ2) is 6.82. The van der Waals surface area contributed by atoms with Crippen molar-refractivity contribution in [1.82, 2.24) is 5.32 Å². The van der Waals surface area contributed by atoms with Gasteiger partial charge in [-0.2, -0.15) is 0 Å². The van der Waals surface area contributed by atoms with Crippen molar-refractivity contribution in [3.63, 3.8) is 0 Å². The topological polar surface area (TPSA) is 86.6 Å². The van der Waals surface area contributed by atoms with E-state index in [0.29, 0.717) is 0 Å². The van der Waals surface area contributed by atoms with Gasteiger partial charge in [0.25, 0.3) is 0 Å². The van der Waals surface area contributed by atoms with Crippen molar-refractivity contribution < 1.29 is 19.8 Å². The van der Waals surface area contributed by atoms with E-state index in [9.17, 15) is 9.59 Å². The van der Waals surface area contributed by atoms with Crippen molar-refractivity contribution in [1.29, 1.82) is 0 Å². The van der Waals surface area contributed by atoms with Crippen LogP contribution in [0.15, 0.2) is 23.6 Å². The summed E-state index contributed by atoms with van der Waals surface area (Å²) in [4.78, 5) is 22.5. The molecule has 92 valence electrons. The molecule has 0 saturated carbocycles. The fourth-order valence-corrected chi connectivity index (χ4v) is 1.68. The van der Waals surface area contributed by atoms with Gasteiger partial charge in [0.1, 0.15) is 0 Å². The Morgan fingerprint density at radius 2 is 2.29 bits per heavy atom. The molecule has 0 aliphatic heterocycles. The van der Waals surface area contributed by atoms with Crippen molar-refractivity contribution in [2.24, 2.45) is 0 Å². The molecule has 0 aromatic carbocycles. The van der Waals surface area contributed by atoms with E-state index in [0.717, 1.165) is 4.88 Å². The number of hydrogen-bond donors (Lipinski definition) is 3. The summed E-state index contributed by atoms with van der Waals surface area (Å²) in [6.07, 6.45) is 1.61. The summed E-state index contributed by atoms with van der Waals surface area (Å²) in [5.74, 6) is -1.59. The predicted molar refractivity (Wildman–Crippen MR) is 64.6 cm³/mol. The quantitative estimate of drug-likeness (QED) is 0.653. The number of aliphatic carboxylic acids is 1. The van der Waals surface area contributed by atoms with Crippen LogP contribution in [0.5, 0.6) is 0 Å². The Morgan fingerprint density at radius 1 is 1.53 bits per heavy atom. The largest absolute Gasteiger partial charge is 0.479 e. The maximum absolute atomic E-state index is 11.3. The molecule has 0 aliphatic carbocycles. The second-order valence-corrected chi connectivity index (χ2v) is 4.26. The molecule has 0 unspecified atom stereocenters. The molecule has 1 rings (SSSR count). The average molecular weight is 255 g/mol. The zero-order chi connectivity index (χ0) is 12.7. The summed E-state index contributed by atoms with van der Waals surface area (Å²) >= 11 is 1.51. The van der Waals surface area contributed by atoms with E-state index in [2.05, 4.69) is 5.32 Å². The Morgan fingerprint density at radius 3 is 2.88 bits per heavy atom. The fourth-order valence-electron chi connectivity index (χ4n) is 1.06. The number of carboxylic acid groups (broad SMARTS) is 1. The molecule has 3 N–H and O–H groups in total. The van der Waals surface area contributed by atoms with Crippen molar-refractivity contribution in [3.8, 4) is 0 Å². The zero-order valence-corrected chi connectivity index (χ0v) is 9.81. The first kappa shape index (κ1) is 13.4. The summed E-state index contributed by atoms with van der Waals surface area (Å²) < 4.78 is 0. The summed E-state index contributed by atoms with van der Waals surface area (Å²) in [5, 5.41) is 21.7. The fraction of sp³-hybridized carbons (Fsp3) is 0.273. The normalized spacial score (nSPS) is 12.5. The lowest BCUT2D eigenvalue weighted by atomic mass is 10.2. The molecule has 0 aliphatic rings. The maximum Gasteiger partial charge on any atom is 0.332 e. The van der Waals surface area contributed by atoms with Gasteiger partial charge in [0.05, 0.1) is 0 Å². The van der Waals surface area contributed by atoms with Crippen LogP contribution in [-0.4, -0.2) is 34.7 Å². The van der Waals surface area contributed by atoms with Crippen molar-refractivity contribution in [2.75, 3.05) is 6.54 Å². The Hall–Kier alpha value is -1.66. The summed E-state index contributed by atoms with van der Waals surface area (Å²) in [7, 11) is 0. The van der Waals surface area contributed by atoms with E-state index in [4.69, 9.17) is 10.2 Å². The highest BCUT2D eigenvalue weighted by molar-refractivity contribution is 7.10. The molecular formula is C11H13NO4S. The molecule has 1 aromatic rings. The highest BCUT2D eigenvalue weighted by Crippen LogP contribution is 2.09. The van der Waals surface area contributed by atoms with Crippen LogP contribution in [0.1, 0.15) is 11.3 Å². The van der Waals surface area contributed by atoms with Crippen LogP contribution in [0.4, 0.5) is 0 Å². The molecule has 1 amide bonds. The highest BCUT2D eigenvalue weighted by atomic mass is 32.1. The van der Waals surface area contributed by atoms with Gasteiger partial charge in [-0.25, -0.2) is 4.79 Å². The Balaban J connectivity index is 2.24. The van der Waals surface area contributed by atoms with Crippen LogP contribution in [0, 0.1) is 0 Å². The smallest absolute Gasteiger partial charge is 0.332 e. The van der Waals surface area contributed by atoms with E-state index in [-0.39, 0.29) is 18.9 Å². The van der Waals surface area contributed by atoms with Crippen LogP contribution in [0.2, 0.25) is 0 Å². The molecule has 0 saturated heterocycles. The number of aliphatic hydroxyl groups excluding tert-OH is 1. The summed E-state index contributed by atoms with van der Waals surface area (Å²) in [5.41, 5.74) is 0. The predicted octanol–water partition coefficient (Wildman–Crippen LogP) is 0.713. The van der Waals surface area contributed by atoms with Crippen molar-refractivity contribution in [3.05, 3.63) is 28.5 Å². The number of rotatable bonds is 6. The molecule has 0 fully saturated rings. The monoisotopic (exact) mass is 255 g/mol. The summed E-state index contributed by atoms with van der Waals surface area (Å²) in [6, 6.07) is 3.76. The summed E-state index contributed by atoms with van der Waals surface area (Å²) in [6.45, 7) is 0.126. The molecule has 1 heterocycles. The number of hydrogen-bond acceptors (Lipinski definition) is 4. The van der Waals surface area contributed by atoms with Crippen LogP contribution in [-0.2, 0) is 9.59 Å². The maximum atomic E-state index is 11.3. The van der Waals surface area contributed by atoms with Gasteiger partial charge in [-0.1, -0.05) is 6.07 Å². The van der Waals surface area contributed by atoms with Gasteiger partial charge < -0.3 is 15.5 Å². The molecule has 6 heteroatoms. The first-order chi connectivity index (χ1) is 8.09. The van der Waals surface area contributed by atoms with Crippen LogP contribution < -0.4 is 5.32 Å². The minimum Gasteiger partial charge on any atom is -0.479 e. The minimum atomic E-state index is -1.43. The number of thiophene rings is 1. The Kier molecular flexibility index (Phi) is 5.38. The number of carbonyl (C=O) groups is 2. The second-order valence-electron chi connectivity index (χ2n) is 3.28. The molecule has 5 nitrogen and oxygen atoms in total. The van der Waals surface area contributed by atoms with Gasteiger partial charge in [-0.05, 0) is 17.5 Å². The molecule has 0 bridgehead atoms. The van der Waals surface area contributed by atoms with E-state index in [1.54, 1.807) is 6.08 Å². The van der Waals surface area contributed by atoms with E-state index < -0.39 is 12.1 Å². The Bertz CT molecular complexity index is 400. The van der Waals surface area contributed by atoms with Gasteiger partial charge in [-0.3, -0.25) is 4.79 Å². The van der Waals surface area contributed by atoms with Gasteiger partial charge in [-0.15, -0.1) is 11.3 Å². The molecule has 1 aromatic heterocycles. The van der Waals surface area contributed by atoms with E-state index >= 15 is 0 Å². The Labute approximate surface area is 102 Å². The zero-order valence-electron chi connectivity index (χ0n) is 9.00. The molecule has 0 radical (unpaired) electrons. The lowest BCUT2D eigenvalue weighted by Crippen LogP contribution is -2.28. The van der Waals surface area contributed by atoms with Crippen LogP contribution >= 0.6 is 11.3 Å². The standard InChI is InChI=1S/C11H13NO4S/c13-9(11(15)16)5-6-12-10(14)4-3-8-2-1-7-17-8/h1-4,7,9,13H,5-6H2,(H,12,14)(H,15,16)/b4-3+/t9-/m0/s1. The third kappa shape index (κ3) is 5.28. The van der Waals surface area contributed by atoms with E-state index in [1.165, 1.54) is 17.4 Å². The third-order valence-corrected chi connectivity index (χ3v) is 2.78. The van der Waals surface area contributed by atoms with Gasteiger partial charge in [0.15, 0.2) is 6.10 Å². The van der Waals surface area contributed by atoms with Crippen LogP contribution in [0.3, 0.4) is 0 Å². The number of aliphatic hydroxyl groups is 1. The first-order valence-electron chi connectivity index (χ1n) is 5.00. The SMILES string of the molecule is O=C(/C=C/c1cccs1)NCC[C@H](O)C(=O)O. The lowest BCUT2D eigenvalue weighted by Gasteiger charge is -2.05. The number of nitrogens with one attached hydrogen (secondary N) is 1. The van der Waals surface area contributed by atoms with Gasteiger partial charge in [0.2, 0.25) is 5.91 Å². The number of amides is 1.